The van der Waals surface area contributed by atoms with Gasteiger partial charge in [0.1, 0.15) is 0 Å². The number of nitro benzene ring substituents is 1. The largest absolute Gasteiger partial charge is 0.383 e. The first-order valence-electron chi connectivity index (χ1n) is 7.61. The maximum atomic E-state index is 11.7. The van der Waals surface area contributed by atoms with E-state index in [0.29, 0.717) is 25.4 Å². The Balaban J connectivity index is 1.57. The fourth-order valence-corrected chi connectivity index (χ4v) is 2.49. The number of rotatable bonds is 8. The minimum atomic E-state index is -0.427. The molecule has 2 rings (SSSR count). The number of non-ortho nitro benzene ring substituents is 1. The SMILES string of the molecule is O=C(CCC1CCNC1)NCCNc1ccc([N+](=O)[O-])cc1. The van der Waals surface area contributed by atoms with Crippen LogP contribution in [0.1, 0.15) is 19.3 Å². The molecule has 1 aromatic carbocycles. The number of nitrogens with one attached hydrogen (secondary N) is 3. The Morgan fingerprint density at radius 2 is 2.09 bits per heavy atom. The lowest BCUT2D eigenvalue weighted by atomic mass is 10.0. The lowest BCUT2D eigenvalue weighted by molar-refractivity contribution is -0.384. The van der Waals surface area contributed by atoms with E-state index in [9.17, 15) is 14.9 Å². The average Bonchev–Trinajstić information content (AvgIpc) is 3.03. The quantitative estimate of drug-likeness (QED) is 0.384. The number of hydrogen-bond donors (Lipinski definition) is 3. The fraction of sp³-hybridized carbons (Fsp3) is 0.533. The van der Waals surface area contributed by atoms with Crippen LogP contribution in [0.2, 0.25) is 0 Å². The van der Waals surface area contributed by atoms with Crippen molar-refractivity contribution in [1.29, 1.82) is 0 Å². The molecule has 0 radical (unpaired) electrons. The summed E-state index contributed by atoms with van der Waals surface area (Å²) in [6, 6.07) is 6.23. The van der Waals surface area contributed by atoms with Crippen LogP contribution in [0.4, 0.5) is 11.4 Å². The van der Waals surface area contributed by atoms with Crippen LogP contribution in [-0.2, 0) is 4.79 Å². The van der Waals surface area contributed by atoms with Gasteiger partial charge in [0, 0.05) is 37.3 Å². The van der Waals surface area contributed by atoms with E-state index in [4.69, 9.17) is 0 Å². The summed E-state index contributed by atoms with van der Waals surface area (Å²) in [5.74, 6) is 0.710. The minimum Gasteiger partial charge on any atom is -0.383 e. The van der Waals surface area contributed by atoms with E-state index in [-0.39, 0.29) is 11.6 Å². The monoisotopic (exact) mass is 306 g/mol. The number of nitro groups is 1. The molecule has 0 spiro atoms. The highest BCUT2D eigenvalue weighted by atomic mass is 16.6. The third kappa shape index (κ3) is 5.33. The van der Waals surface area contributed by atoms with Crippen molar-refractivity contribution in [3.63, 3.8) is 0 Å². The maximum absolute atomic E-state index is 11.7. The number of carbonyl (C=O) groups is 1. The third-order valence-electron chi connectivity index (χ3n) is 3.80. The maximum Gasteiger partial charge on any atom is 0.269 e. The Hall–Kier alpha value is -2.15. The van der Waals surface area contributed by atoms with Gasteiger partial charge in [-0.05, 0) is 44.0 Å². The van der Waals surface area contributed by atoms with Gasteiger partial charge in [-0.2, -0.15) is 0 Å². The average molecular weight is 306 g/mol. The molecule has 1 heterocycles. The van der Waals surface area contributed by atoms with Gasteiger partial charge in [0.05, 0.1) is 4.92 Å². The molecule has 0 aliphatic carbocycles. The Morgan fingerprint density at radius 3 is 2.73 bits per heavy atom. The van der Waals surface area contributed by atoms with E-state index in [0.717, 1.165) is 31.6 Å². The van der Waals surface area contributed by atoms with Crippen molar-refractivity contribution in [2.24, 2.45) is 5.92 Å². The number of carbonyl (C=O) groups excluding carboxylic acids is 1. The standard InChI is InChI=1S/C15H22N4O3/c20-15(6-1-12-7-8-16-11-12)18-10-9-17-13-2-4-14(5-3-13)19(21)22/h2-5,12,16-17H,1,6-11H2,(H,18,20). The van der Waals surface area contributed by atoms with E-state index >= 15 is 0 Å². The van der Waals surface area contributed by atoms with E-state index in [1.807, 2.05) is 0 Å². The Labute approximate surface area is 129 Å². The van der Waals surface area contributed by atoms with Crippen molar-refractivity contribution in [2.75, 3.05) is 31.5 Å². The van der Waals surface area contributed by atoms with Gasteiger partial charge in [0.15, 0.2) is 0 Å². The number of amides is 1. The first-order valence-corrected chi connectivity index (χ1v) is 7.61. The molecular weight excluding hydrogens is 284 g/mol. The summed E-state index contributed by atoms with van der Waals surface area (Å²) in [5, 5.41) is 19.8. The highest BCUT2D eigenvalue weighted by molar-refractivity contribution is 5.75. The van der Waals surface area contributed by atoms with E-state index in [1.165, 1.54) is 12.1 Å². The molecule has 7 heteroatoms. The second-order valence-electron chi connectivity index (χ2n) is 5.48. The van der Waals surface area contributed by atoms with Crippen molar-refractivity contribution in [1.82, 2.24) is 10.6 Å². The molecule has 3 N–H and O–H groups in total. The molecule has 1 aliphatic rings. The van der Waals surface area contributed by atoms with Crippen molar-refractivity contribution in [3.05, 3.63) is 34.4 Å². The van der Waals surface area contributed by atoms with Crippen LogP contribution in [-0.4, -0.2) is 37.0 Å². The number of nitrogens with zero attached hydrogens (tertiary/aromatic N) is 1. The zero-order chi connectivity index (χ0) is 15.8. The molecule has 120 valence electrons. The Morgan fingerprint density at radius 1 is 1.32 bits per heavy atom. The molecule has 0 saturated carbocycles. The lowest BCUT2D eigenvalue weighted by Crippen LogP contribution is -2.29. The van der Waals surface area contributed by atoms with Crippen LogP contribution < -0.4 is 16.0 Å². The molecule has 1 atom stereocenters. The minimum absolute atomic E-state index is 0.0697. The number of hydrogen-bond acceptors (Lipinski definition) is 5. The zero-order valence-corrected chi connectivity index (χ0v) is 12.5. The second kappa shape index (κ2) is 8.33. The van der Waals surface area contributed by atoms with Crippen LogP contribution >= 0.6 is 0 Å². The van der Waals surface area contributed by atoms with Crippen molar-refractivity contribution < 1.29 is 9.72 Å². The summed E-state index contributed by atoms with van der Waals surface area (Å²) in [6.07, 6.45) is 2.67. The van der Waals surface area contributed by atoms with E-state index in [1.54, 1.807) is 12.1 Å². The molecule has 1 fully saturated rings. The first kappa shape index (κ1) is 16.2. The summed E-state index contributed by atoms with van der Waals surface area (Å²) >= 11 is 0. The zero-order valence-electron chi connectivity index (χ0n) is 12.5. The number of benzene rings is 1. The van der Waals surface area contributed by atoms with Gasteiger partial charge in [-0.1, -0.05) is 0 Å². The highest BCUT2D eigenvalue weighted by Gasteiger charge is 2.15. The summed E-state index contributed by atoms with van der Waals surface area (Å²) < 4.78 is 0. The second-order valence-corrected chi connectivity index (χ2v) is 5.48. The molecule has 7 nitrogen and oxygen atoms in total. The van der Waals surface area contributed by atoms with Crippen LogP contribution in [0.25, 0.3) is 0 Å². The van der Waals surface area contributed by atoms with Crippen LogP contribution in [0.15, 0.2) is 24.3 Å². The van der Waals surface area contributed by atoms with E-state index < -0.39 is 4.92 Å². The normalized spacial score (nSPS) is 17.2. The predicted octanol–water partition coefficient (Wildman–Crippen LogP) is 1.51. The molecule has 0 bridgehead atoms. The van der Waals surface area contributed by atoms with Gasteiger partial charge >= 0.3 is 0 Å². The third-order valence-corrected chi connectivity index (χ3v) is 3.80. The molecule has 22 heavy (non-hydrogen) atoms. The highest BCUT2D eigenvalue weighted by Crippen LogP contribution is 2.15. The van der Waals surface area contributed by atoms with Crippen LogP contribution in [0.3, 0.4) is 0 Å². The topological polar surface area (TPSA) is 96.3 Å². The first-order chi connectivity index (χ1) is 10.6. The molecule has 1 saturated heterocycles. The van der Waals surface area contributed by atoms with Crippen molar-refractivity contribution >= 4 is 17.3 Å². The van der Waals surface area contributed by atoms with Gasteiger partial charge in [0.2, 0.25) is 5.91 Å². The van der Waals surface area contributed by atoms with Crippen molar-refractivity contribution in [3.8, 4) is 0 Å². The fourth-order valence-electron chi connectivity index (χ4n) is 2.49. The van der Waals surface area contributed by atoms with Crippen LogP contribution in [0.5, 0.6) is 0 Å². The smallest absolute Gasteiger partial charge is 0.269 e. The molecule has 1 unspecified atom stereocenters. The Bertz CT molecular complexity index is 498. The molecular formula is C15H22N4O3. The van der Waals surface area contributed by atoms with Gasteiger partial charge < -0.3 is 16.0 Å². The molecule has 0 aromatic heterocycles. The molecule has 1 aliphatic heterocycles. The summed E-state index contributed by atoms with van der Waals surface area (Å²) in [7, 11) is 0. The van der Waals surface area contributed by atoms with Gasteiger partial charge in [-0.3, -0.25) is 14.9 Å². The summed E-state index contributed by atoms with van der Waals surface area (Å²) in [6.45, 7) is 3.22. The van der Waals surface area contributed by atoms with Gasteiger partial charge in [0.25, 0.3) is 5.69 Å². The van der Waals surface area contributed by atoms with E-state index in [2.05, 4.69) is 16.0 Å². The molecule has 1 aromatic rings. The summed E-state index contributed by atoms with van der Waals surface area (Å²) in [4.78, 5) is 21.8. The molecule has 1 amide bonds. The Kier molecular flexibility index (Phi) is 6.14. The van der Waals surface area contributed by atoms with Crippen molar-refractivity contribution in [2.45, 2.75) is 19.3 Å². The predicted molar refractivity (Wildman–Crippen MR) is 84.8 cm³/mol. The summed E-state index contributed by atoms with van der Waals surface area (Å²) in [5.41, 5.74) is 0.872. The number of anilines is 1. The van der Waals surface area contributed by atoms with Crippen LogP contribution in [0, 0.1) is 16.0 Å². The lowest BCUT2D eigenvalue weighted by Gasteiger charge is -2.10. The van der Waals surface area contributed by atoms with Gasteiger partial charge in [-0.15, -0.1) is 0 Å². The van der Waals surface area contributed by atoms with Gasteiger partial charge in [-0.25, -0.2) is 0 Å².